The van der Waals surface area contributed by atoms with Crippen LogP contribution in [-0.2, 0) is 11.4 Å². The van der Waals surface area contributed by atoms with E-state index >= 15 is 0 Å². The summed E-state index contributed by atoms with van der Waals surface area (Å²) in [5.41, 5.74) is 3.88. The zero-order chi connectivity index (χ0) is 32.2. The quantitative estimate of drug-likeness (QED) is 0.212. The van der Waals surface area contributed by atoms with E-state index in [1.807, 2.05) is 78.9 Å². The molecular weight excluding hydrogens is 664 g/mol. The van der Waals surface area contributed by atoms with E-state index in [0.29, 0.717) is 54.5 Å². The fourth-order valence-electron chi connectivity index (χ4n) is 5.27. The molecule has 1 aromatic heterocycles. The van der Waals surface area contributed by atoms with Crippen LogP contribution in [0, 0.1) is 11.3 Å². The van der Waals surface area contributed by atoms with E-state index in [4.69, 9.17) is 14.5 Å². The Morgan fingerprint density at radius 1 is 1.07 bits per heavy atom. The molecule has 8 nitrogen and oxygen atoms in total. The molecule has 0 bridgehead atoms. The highest BCUT2D eigenvalue weighted by atomic mass is 79.9. The average molecular weight is 692 g/mol. The van der Waals surface area contributed by atoms with Crippen molar-refractivity contribution in [2.24, 2.45) is 4.99 Å². The number of anilines is 1. The first-order chi connectivity index (χ1) is 22.4. The van der Waals surface area contributed by atoms with Crippen LogP contribution in [0.1, 0.15) is 35.2 Å². The van der Waals surface area contributed by atoms with Gasteiger partial charge in [0.15, 0.2) is 4.80 Å². The fraction of sp³-hybridized carbons (Fsp3) is 0.111. The van der Waals surface area contributed by atoms with Gasteiger partial charge in [-0.05, 0) is 67.1 Å². The Morgan fingerprint density at radius 3 is 2.63 bits per heavy atom. The van der Waals surface area contributed by atoms with Crippen LogP contribution in [0.5, 0.6) is 11.5 Å². The summed E-state index contributed by atoms with van der Waals surface area (Å²) in [4.78, 5) is 33.3. The van der Waals surface area contributed by atoms with Crippen LogP contribution in [0.2, 0.25) is 0 Å². The normalized spacial score (nSPS) is 14.2. The highest BCUT2D eigenvalue weighted by Gasteiger charge is 2.33. The van der Waals surface area contributed by atoms with Crippen molar-refractivity contribution in [3.05, 3.63) is 155 Å². The number of nitriles is 1. The molecule has 0 unspecified atom stereocenters. The third kappa shape index (κ3) is 6.29. The Bertz CT molecular complexity index is 2220. The van der Waals surface area contributed by atoms with E-state index in [0.717, 1.165) is 10.0 Å². The first kappa shape index (κ1) is 30.8. The summed E-state index contributed by atoms with van der Waals surface area (Å²) < 4.78 is 14.5. The Morgan fingerprint density at radius 2 is 1.85 bits per heavy atom. The van der Waals surface area contributed by atoms with Crippen LogP contribution in [-0.4, -0.2) is 17.6 Å². The molecule has 5 aromatic rings. The van der Waals surface area contributed by atoms with Gasteiger partial charge in [0.2, 0.25) is 0 Å². The zero-order valence-corrected chi connectivity index (χ0v) is 27.3. The monoisotopic (exact) mass is 690 g/mol. The van der Waals surface area contributed by atoms with Gasteiger partial charge in [0.05, 0.1) is 40.6 Å². The number of nitrogens with zero attached hydrogens (tertiary/aromatic N) is 3. The van der Waals surface area contributed by atoms with Gasteiger partial charge in [-0.3, -0.25) is 14.2 Å². The molecule has 1 N–H and O–H groups in total. The molecule has 1 aliphatic rings. The standard InChI is InChI=1S/C36H27BrN4O4S/c1-22-32(34(42)40-28-12-4-3-5-13-28)33(23-11-8-14-29(18-23)44-2)41-35(43)31(46-36(41)39-22)19-26-17-27(37)15-16-30(26)45-21-25-10-7-6-9-24(25)20-38/h3-19,33H,21H2,1-2H3,(H,40,42)/b31-19-/t33-/m1/s1. The predicted molar refractivity (Wildman–Crippen MR) is 181 cm³/mol. The molecule has 0 saturated carbocycles. The number of ether oxygens (including phenoxy) is 2. The number of benzene rings is 4. The Kier molecular flexibility index (Phi) is 8.97. The van der Waals surface area contributed by atoms with E-state index in [2.05, 4.69) is 27.3 Å². The number of rotatable bonds is 8. The Balaban J connectivity index is 1.45. The van der Waals surface area contributed by atoms with Crippen molar-refractivity contribution in [2.45, 2.75) is 19.6 Å². The maximum absolute atomic E-state index is 14.3. The zero-order valence-electron chi connectivity index (χ0n) is 24.9. The second-order valence-electron chi connectivity index (χ2n) is 10.4. The van der Waals surface area contributed by atoms with E-state index < -0.39 is 6.04 Å². The van der Waals surface area contributed by atoms with Crippen LogP contribution in [0.3, 0.4) is 0 Å². The van der Waals surface area contributed by atoms with Gasteiger partial charge in [-0.2, -0.15) is 5.26 Å². The average Bonchev–Trinajstić information content (AvgIpc) is 3.37. The van der Waals surface area contributed by atoms with Gasteiger partial charge in [0.1, 0.15) is 18.1 Å². The summed E-state index contributed by atoms with van der Waals surface area (Å²) in [6.45, 7) is 1.96. The highest BCUT2D eigenvalue weighted by Crippen LogP contribution is 2.32. The molecule has 46 heavy (non-hydrogen) atoms. The third-order valence-electron chi connectivity index (χ3n) is 7.49. The number of hydrogen-bond acceptors (Lipinski definition) is 7. The van der Waals surface area contributed by atoms with E-state index in [1.165, 1.54) is 11.3 Å². The van der Waals surface area contributed by atoms with E-state index in [-0.39, 0.29) is 18.1 Å². The molecule has 10 heteroatoms. The maximum atomic E-state index is 14.3. The largest absolute Gasteiger partial charge is 0.497 e. The number of nitrogens with one attached hydrogen (secondary N) is 1. The lowest BCUT2D eigenvalue weighted by molar-refractivity contribution is -0.113. The van der Waals surface area contributed by atoms with E-state index in [9.17, 15) is 14.9 Å². The molecule has 1 amide bonds. The molecule has 0 fully saturated rings. The van der Waals surface area contributed by atoms with Crippen molar-refractivity contribution in [1.29, 1.82) is 5.26 Å². The smallest absolute Gasteiger partial charge is 0.271 e. The topological polar surface area (TPSA) is 106 Å². The van der Waals surface area contributed by atoms with Gasteiger partial charge in [-0.1, -0.05) is 75.8 Å². The minimum absolute atomic E-state index is 0.183. The van der Waals surface area contributed by atoms with Crippen LogP contribution < -0.4 is 29.7 Å². The van der Waals surface area contributed by atoms with Gasteiger partial charge in [-0.15, -0.1) is 0 Å². The molecule has 6 rings (SSSR count). The third-order valence-corrected chi connectivity index (χ3v) is 8.96. The molecule has 0 radical (unpaired) electrons. The van der Waals surface area contributed by atoms with E-state index in [1.54, 1.807) is 42.9 Å². The van der Waals surface area contributed by atoms with Gasteiger partial charge in [0, 0.05) is 21.3 Å². The van der Waals surface area contributed by atoms with Crippen molar-refractivity contribution in [2.75, 3.05) is 12.4 Å². The van der Waals surface area contributed by atoms with Gasteiger partial charge >= 0.3 is 0 Å². The molecule has 0 aliphatic carbocycles. The summed E-state index contributed by atoms with van der Waals surface area (Å²) in [6.07, 6.45) is 1.77. The molecule has 2 heterocycles. The number of carbonyl (C=O) groups excluding carboxylic acids is 1. The number of halogens is 1. The van der Waals surface area contributed by atoms with Crippen molar-refractivity contribution in [1.82, 2.24) is 4.57 Å². The molecule has 4 aromatic carbocycles. The number of aromatic nitrogens is 1. The number of carbonyl (C=O) groups is 1. The number of allylic oxidation sites excluding steroid dienone is 1. The fourth-order valence-corrected chi connectivity index (χ4v) is 6.69. The minimum atomic E-state index is -0.752. The molecule has 1 atom stereocenters. The molecule has 228 valence electrons. The van der Waals surface area contributed by atoms with Crippen molar-refractivity contribution >= 4 is 44.9 Å². The van der Waals surface area contributed by atoms with Crippen molar-refractivity contribution < 1.29 is 14.3 Å². The number of fused-ring (bicyclic) bond motifs is 1. The van der Waals surface area contributed by atoms with Crippen LogP contribution in [0.15, 0.2) is 123 Å². The lowest BCUT2D eigenvalue weighted by Crippen LogP contribution is -2.40. The Labute approximate surface area is 277 Å². The maximum Gasteiger partial charge on any atom is 0.271 e. The summed E-state index contributed by atoms with van der Waals surface area (Å²) in [6, 6.07) is 30.8. The molecule has 0 saturated heterocycles. The number of hydrogen-bond donors (Lipinski definition) is 1. The predicted octanol–water partition coefficient (Wildman–Crippen LogP) is 6.10. The number of amides is 1. The summed E-state index contributed by atoms with van der Waals surface area (Å²) >= 11 is 4.78. The molecular formula is C36H27BrN4O4S. The second kappa shape index (κ2) is 13.4. The van der Waals surface area contributed by atoms with Gasteiger partial charge in [-0.25, -0.2) is 4.99 Å². The Hall–Kier alpha value is -5.24. The van der Waals surface area contributed by atoms with Crippen LogP contribution in [0.4, 0.5) is 5.69 Å². The van der Waals surface area contributed by atoms with Crippen molar-refractivity contribution in [3.8, 4) is 17.6 Å². The first-order valence-corrected chi connectivity index (χ1v) is 15.9. The SMILES string of the molecule is COc1cccc([C@@H]2C(C(=O)Nc3ccccc3)=C(C)N=c3s/c(=C\c4cc(Br)ccc4OCc4ccccc4C#N)c(=O)n32)c1. The van der Waals surface area contributed by atoms with Crippen LogP contribution >= 0.6 is 27.3 Å². The summed E-state index contributed by atoms with van der Waals surface area (Å²) in [5, 5.41) is 12.5. The lowest BCUT2D eigenvalue weighted by Gasteiger charge is -2.25. The lowest BCUT2D eigenvalue weighted by atomic mass is 9.95. The number of thiazole rings is 1. The second-order valence-corrected chi connectivity index (χ2v) is 12.3. The first-order valence-electron chi connectivity index (χ1n) is 14.3. The van der Waals surface area contributed by atoms with Crippen molar-refractivity contribution in [3.63, 3.8) is 0 Å². The molecule has 1 aliphatic heterocycles. The van der Waals surface area contributed by atoms with Gasteiger partial charge < -0.3 is 14.8 Å². The highest BCUT2D eigenvalue weighted by molar-refractivity contribution is 9.10. The van der Waals surface area contributed by atoms with Gasteiger partial charge in [0.25, 0.3) is 11.5 Å². The molecule has 0 spiro atoms. The summed E-state index contributed by atoms with van der Waals surface area (Å²) in [5.74, 6) is 0.797. The summed E-state index contributed by atoms with van der Waals surface area (Å²) in [7, 11) is 1.57. The minimum Gasteiger partial charge on any atom is -0.497 e. The van der Waals surface area contributed by atoms with Crippen LogP contribution in [0.25, 0.3) is 6.08 Å². The number of methoxy groups -OCH3 is 1. The number of para-hydroxylation sites is 1.